The molecule has 1 unspecified atom stereocenters. The Bertz CT molecular complexity index is 1390. The molecule has 1 atom stereocenters. The molecule has 9 heteroatoms. The number of hydrogen-bond donors (Lipinski definition) is 1. The molecule has 1 aromatic heterocycles. The number of halogens is 2. The number of ketones is 1. The van der Waals surface area contributed by atoms with Crippen LogP contribution in [0.2, 0.25) is 0 Å². The van der Waals surface area contributed by atoms with Gasteiger partial charge in [-0.25, -0.2) is 13.8 Å². The highest BCUT2D eigenvalue weighted by atomic mass is 19.1. The molecule has 0 saturated carbocycles. The number of hydrogen-bond acceptors (Lipinski definition) is 5. The van der Waals surface area contributed by atoms with Gasteiger partial charge in [-0.2, -0.15) is 0 Å². The minimum atomic E-state index is -1.31. The maximum atomic E-state index is 13.8. The molecule has 36 heavy (non-hydrogen) atoms. The molecule has 3 aromatic carbocycles. The first-order chi connectivity index (χ1) is 17.3. The minimum Gasteiger partial charge on any atom is -0.324 e. The summed E-state index contributed by atoms with van der Waals surface area (Å²) < 4.78 is 27.1. The van der Waals surface area contributed by atoms with Crippen LogP contribution in [0.1, 0.15) is 39.4 Å². The smallest absolute Gasteiger partial charge is 0.279 e. The van der Waals surface area contributed by atoms with Gasteiger partial charge in [-0.1, -0.05) is 24.3 Å². The number of Topliss-reactive ketones (excluding diaryl/α,β-unsaturated/α-hetero) is 1. The number of nitrogens with one attached hydrogen (secondary N) is 1. The molecule has 0 fully saturated rings. The molecular formula is C27H20F2N4O3. The normalized spacial score (nSPS) is 11.4. The molecule has 7 nitrogen and oxygen atoms in total. The van der Waals surface area contributed by atoms with Crippen molar-refractivity contribution < 1.29 is 23.2 Å². The summed E-state index contributed by atoms with van der Waals surface area (Å²) in [5.41, 5.74) is 1.09. The zero-order valence-electron chi connectivity index (χ0n) is 19.1. The summed E-state index contributed by atoms with van der Waals surface area (Å²) in [4.78, 5) is 48.6. The van der Waals surface area contributed by atoms with Gasteiger partial charge in [-0.3, -0.25) is 24.3 Å². The summed E-state index contributed by atoms with van der Waals surface area (Å²) in [5.74, 6) is -2.57. The molecule has 0 aliphatic carbocycles. The van der Waals surface area contributed by atoms with E-state index in [1.54, 1.807) is 18.2 Å². The van der Waals surface area contributed by atoms with Crippen LogP contribution in [-0.2, 0) is 4.79 Å². The summed E-state index contributed by atoms with van der Waals surface area (Å²) in [6.07, 6.45) is 3.99. The second kappa shape index (κ2) is 10.6. The highest BCUT2D eigenvalue weighted by Crippen LogP contribution is 2.31. The van der Waals surface area contributed by atoms with Gasteiger partial charge in [0.15, 0.2) is 5.78 Å². The van der Waals surface area contributed by atoms with Crippen LogP contribution in [0.5, 0.6) is 0 Å². The summed E-state index contributed by atoms with van der Waals surface area (Å²) in [6, 6.07) is 15.1. The summed E-state index contributed by atoms with van der Waals surface area (Å²) in [7, 11) is 0. The van der Waals surface area contributed by atoms with Crippen LogP contribution in [-0.4, -0.2) is 27.6 Å². The lowest BCUT2D eigenvalue weighted by atomic mass is 10.0. The van der Waals surface area contributed by atoms with Crippen molar-refractivity contribution in [3.05, 3.63) is 120 Å². The predicted octanol–water partition coefficient (Wildman–Crippen LogP) is 4.98. The summed E-state index contributed by atoms with van der Waals surface area (Å²) in [5, 5.41) is 2.68. The number of carbonyl (C=O) groups excluding carboxylic acids is 3. The predicted molar refractivity (Wildman–Crippen MR) is 129 cm³/mol. The van der Waals surface area contributed by atoms with Crippen molar-refractivity contribution in [3.8, 4) is 0 Å². The van der Waals surface area contributed by atoms with Gasteiger partial charge in [0.1, 0.15) is 23.4 Å². The maximum absolute atomic E-state index is 13.8. The average molecular weight is 486 g/mol. The standard InChI is InChI=1S/C27H20F2N4O3/c1-17(34)19-3-2-4-23(15-19)33(27(36)24-16-30-13-14-31-24)25(18-5-7-20(28)8-6-18)26(35)32-22-11-9-21(29)10-12-22/h2-16,25H,1H3,(H,32,35). The largest absolute Gasteiger partial charge is 0.324 e. The third-order valence-corrected chi connectivity index (χ3v) is 5.34. The minimum absolute atomic E-state index is 0.0487. The van der Waals surface area contributed by atoms with Crippen LogP contribution in [0.3, 0.4) is 0 Å². The second-order valence-electron chi connectivity index (χ2n) is 7.82. The number of carbonyl (C=O) groups is 3. The summed E-state index contributed by atoms with van der Waals surface area (Å²) >= 11 is 0. The highest BCUT2D eigenvalue weighted by Gasteiger charge is 2.34. The fourth-order valence-corrected chi connectivity index (χ4v) is 3.60. The average Bonchev–Trinajstić information content (AvgIpc) is 2.89. The van der Waals surface area contributed by atoms with Gasteiger partial charge in [-0.15, -0.1) is 0 Å². The fraction of sp³-hybridized carbons (Fsp3) is 0.0741. The maximum Gasteiger partial charge on any atom is 0.279 e. The Hall–Kier alpha value is -4.79. The van der Waals surface area contributed by atoms with E-state index in [-0.39, 0.29) is 22.9 Å². The lowest BCUT2D eigenvalue weighted by Gasteiger charge is -2.31. The van der Waals surface area contributed by atoms with Gasteiger partial charge in [0.25, 0.3) is 11.8 Å². The third kappa shape index (κ3) is 5.47. The van der Waals surface area contributed by atoms with E-state index in [9.17, 15) is 23.2 Å². The molecule has 180 valence electrons. The zero-order chi connectivity index (χ0) is 25.7. The highest BCUT2D eigenvalue weighted by molar-refractivity contribution is 6.11. The molecule has 0 aliphatic rings. The molecule has 1 heterocycles. The monoisotopic (exact) mass is 486 g/mol. The topological polar surface area (TPSA) is 92.3 Å². The van der Waals surface area contributed by atoms with Crippen LogP contribution < -0.4 is 10.2 Å². The Morgan fingerprint density at radius 2 is 1.56 bits per heavy atom. The number of aromatic nitrogens is 2. The lowest BCUT2D eigenvalue weighted by molar-refractivity contribution is -0.117. The molecule has 2 amide bonds. The van der Waals surface area contributed by atoms with E-state index in [0.717, 1.165) is 0 Å². The van der Waals surface area contributed by atoms with Gasteiger partial charge in [0, 0.05) is 29.3 Å². The fourth-order valence-electron chi connectivity index (χ4n) is 3.60. The van der Waals surface area contributed by atoms with Crippen molar-refractivity contribution in [3.63, 3.8) is 0 Å². The Morgan fingerprint density at radius 1 is 0.889 bits per heavy atom. The Morgan fingerprint density at radius 3 is 2.17 bits per heavy atom. The van der Waals surface area contributed by atoms with Crippen LogP contribution in [0.4, 0.5) is 20.2 Å². The number of anilines is 2. The van der Waals surface area contributed by atoms with Crippen LogP contribution >= 0.6 is 0 Å². The SMILES string of the molecule is CC(=O)c1cccc(N(C(=O)c2cnccn2)C(C(=O)Nc2ccc(F)cc2)c2ccc(F)cc2)c1. The van der Waals surface area contributed by atoms with E-state index in [2.05, 4.69) is 15.3 Å². The van der Waals surface area contributed by atoms with E-state index >= 15 is 0 Å². The van der Waals surface area contributed by atoms with E-state index in [1.165, 1.54) is 85.0 Å². The van der Waals surface area contributed by atoms with E-state index < -0.39 is 29.5 Å². The molecule has 0 aliphatic heterocycles. The first-order valence-electron chi connectivity index (χ1n) is 10.9. The van der Waals surface area contributed by atoms with Crippen molar-refractivity contribution in [2.75, 3.05) is 10.2 Å². The second-order valence-corrected chi connectivity index (χ2v) is 7.82. The lowest BCUT2D eigenvalue weighted by Crippen LogP contribution is -2.42. The summed E-state index contributed by atoms with van der Waals surface area (Å²) in [6.45, 7) is 1.38. The van der Waals surface area contributed by atoms with Crippen molar-refractivity contribution in [1.82, 2.24) is 9.97 Å². The van der Waals surface area contributed by atoms with Gasteiger partial charge < -0.3 is 5.32 Å². The number of nitrogens with zero attached hydrogens (tertiary/aromatic N) is 3. The Balaban J connectivity index is 1.87. The molecule has 0 spiro atoms. The molecule has 4 aromatic rings. The Kier molecular flexibility index (Phi) is 7.20. The zero-order valence-corrected chi connectivity index (χ0v) is 19.1. The van der Waals surface area contributed by atoms with Gasteiger partial charge in [0.05, 0.1) is 6.20 Å². The Labute approximate surface area is 205 Å². The molecule has 0 saturated heterocycles. The quantitative estimate of drug-likeness (QED) is 0.372. The van der Waals surface area contributed by atoms with E-state index in [4.69, 9.17) is 0 Å². The number of amides is 2. The van der Waals surface area contributed by atoms with E-state index in [0.29, 0.717) is 11.1 Å². The van der Waals surface area contributed by atoms with Crippen molar-refractivity contribution in [2.24, 2.45) is 0 Å². The van der Waals surface area contributed by atoms with Crippen LogP contribution in [0.25, 0.3) is 0 Å². The van der Waals surface area contributed by atoms with E-state index in [1.807, 2.05) is 0 Å². The number of rotatable bonds is 7. The first-order valence-corrected chi connectivity index (χ1v) is 10.9. The molecular weight excluding hydrogens is 466 g/mol. The molecule has 0 bridgehead atoms. The van der Waals surface area contributed by atoms with Gasteiger partial charge in [0.2, 0.25) is 0 Å². The molecule has 4 rings (SSSR count). The van der Waals surface area contributed by atoms with Crippen molar-refractivity contribution in [1.29, 1.82) is 0 Å². The van der Waals surface area contributed by atoms with Crippen LogP contribution in [0.15, 0.2) is 91.4 Å². The van der Waals surface area contributed by atoms with Crippen molar-refractivity contribution in [2.45, 2.75) is 13.0 Å². The molecule has 0 radical (unpaired) electrons. The van der Waals surface area contributed by atoms with Gasteiger partial charge in [-0.05, 0) is 61.0 Å². The van der Waals surface area contributed by atoms with Crippen LogP contribution in [0, 0.1) is 11.6 Å². The first kappa shape index (κ1) is 24.3. The van der Waals surface area contributed by atoms with Crippen molar-refractivity contribution >= 4 is 29.0 Å². The molecule has 1 N–H and O–H groups in total. The number of benzene rings is 3. The van der Waals surface area contributed by atoms with Gasteiger partial charge >= 0.3 is 0 Å². The third-order valence-electron chi connectivity index (χ3n) is 5.34.